The lowest BCUT2D eigenvalue weighted by Crippen LogP contribution is -1.76. The van der Waals surface area contributed by atoms with Crippen LogP contribution in [0.2, 0.25) is 0 Å². The monoisotopic (exact) mass is 179 g/mol. The zero-order valence-electron chi connectivity index (χ0n) is 7.48. The number of nitrogens with zero attached hydrogens (tertiary/aromatic N) is 1. The third-order valence-corrected chi connectivity index (χ3v) is 1.67. The molecule has 1 aromatic heterocycles. The Balaban J connectivity index is 0.000000145. The lowest BCUT2D eigenvalue weighted by Gasteiger charge is -1.81. The molecule has 0 unspecified atom stereocenters. The van der Waals surface area contributed by atoms with E-state index in [0.29, 0.717) is 5.56 Å². The van der Waals surface area contributed by atoms with E-state index in [4.69, 9.17) is 4.74 Å². The van der Waals surface area contributed by atoms with Gasteiger partial charge in [-0.2, -0.15) is 0 Å². The Kier molecular flexibility index (Phi) is 4.79. The Hall–Kier alpha value is -1.22. The first-order valence-corrected chi connectivity index (χ1v) is 4.36. The molecule has 0 radical (unpaired) electrons. The van der Waals surface area contributed by atoms with E-state index in [1.807, 2.05) is 0 Å². The fraction of sp³-hybridized carbons (Fsp3) is 0.400. The van der Waals surface area contributed by atoms with Gasteiger partial charge in [-0.25, -0.2) is 0 Å². The molecular formula is C10H13NO2. The van der Waals surface area contributed by atoms with Gasteiger partial charge in [0.25, 0.3) is 0 Å². The van der Waals surface area contributed by atoms with Crippen LogP contribution in [0.25, 0.3) is 0 Å². The van der Waals surface area contributed by atoms with E-state index >= 15 is 0 Å². The summed E-state index contributed by atoms with van der Waals surface area (Å²) in [5, 5.41) is 0. The lowest BCUT2D eigenvalue weighted by atomic mass is 10.3. The highest BCUT2D eigenvalue weighted by Crippen LogP contribution is 1.98. The molecule has 3 heteroatoms. The summed E-state index contributed by atoms with van der Waals surface area (Å²) in [7, 11) is 0. The van der Waals surface area contributed by atoms with Crippen molar-refractivity contribution in [2.24, 2.45) is 0 Å². The molecule has 70 valence electrons. The van der Waals surface area contributed by atoms with Gasteiger partial charge in [0.1, 0.15) is 6.29 Å². The number of hydrogen-bond donors (Lipinski definition) is 0. The second kappa shape index (κ2) is 6.31. The maximum Gasteiger partial charge on any atom is 0.150 e. The average molecular weight is 179 g/mol. The number of carbonyl (C=O) groups excluding carboxylic acids is 1. The summed E-state index contributed by atoms with van der Waals surface area (Å²) in [5.41, 5.74) is 0.667. The maximum absolute atomic E-state index is 9.98. The maximum atomic E-state index is 9.98. The van der Waals surface area contributed by atoms with E-state index in [2.05, 4.69) is 4.98 Å². The van der Waals surface area contributed by atoms with Crippen LogP contribution >= 0.6 is 0 Å². The zero-order valence-corrected chi connectivity index (χ0v) is 7.48. The van der Waals surface area contributed by atoms with Gasteiger partial charge in [-0.3, -0.25) is 9.78 Å². The second-order valence-corrected chi connectivity index (χ2v) is 2.72. The minimum absolute atomic E-state index is 0.667. The Bertz CT molecular complexity index is 224. The van der Waals surface area contributed by atoms with E-state index in [1.54, 1.807) is 24.5 Å². The van der Waals surface area contributed by atoms with E-state index in [-0.39, 0.29) is 0 Å². The lowest BCUT2D eigenvalue weighted by molar-refractivity contribution is 0.112. The Morgan fingerprint density at radius 1 is 1.23 bits per heavy atom. The molecule has 13 heavy (non-hydrogen) atoms. The highest BCUT2D eigenvalue weighted by Gasteiger charge is 1.94. The molecule has 0 aliphatic carbocycles. The van der Waals surface area contributed by atoms with Crippen molar-refractivity contribution < 1.29 is 9.53 Å². The van der Waals surface area contributed by atoms with Crippen molar-refractivity contribution in [3.8, 4) is 0 Å². The van der Waals surface area contributed by atoms with Crippen LogP contribution in [0.15, 0.2) is 24.5 Å². The molecule has 2 heterocycles. The quantitative estimate of drug-likeness (QED) is 0.616. The standard InChI is InChI=1S/C6H5NO.C4H8O/c8-5-6-1-3-7-4-2-6;1-2-4-5-3-1/h1-5H;1-4H2. The van der Waals surface area contributed by atoms with Gasteiger partial charge >= 0.3 is 0 Å². The summed E-state index contributed by atoms with van der Waals surface area (Å²) in [4.78, 5) is 13.7. The van der Waals surface area contributed by atoms with Gasteiger partial charge < -0.3 is 4.74 Å². The molecule has 3 nitrogen and oxygen atoms in total. The molecule has 1 fully saturated rings. The Morgan fingerprint density at radius 3 is 2.15 bits per heavy atom. The molecule has 0 saturated carbocycles. The minimum Gasteiger partial charge on any atom is -0.381 e. The number of rotatable bonds is 1. The van der Waals surface area contributed by atoms with Gasteiger partial charge in [0.2, 0.25) is 0 Å². The molecule has 1 aliphatic heterocycles. The van der Waals surface area contributed by atoms with Crippen LogP contribution in [0.4, 0.5) is 0 Å². The number of pyridine rings is 1. The van der Waals surface area contributed by atoms with Crippen LogP contribution in [0.3, 0.4) is 0 Å². The fourth-order valence-electron chi connectivity index (χ4n) is 0.952. The number of ether oxygens (including phenoxy) is 1. The van der Waals surface area contributed by atoms with E-state index in [1.165, 1.54) is 12.8 Å². The zero-order chi connectivity index (χ0) is 9.36. The molecule has 1 aliphatic rings. The third kappa shape index (κ3) is 4.38. The van der Waals surface area contributed by atoms with Gasteiger partial charge in [0.15, 0.2) is 0 Å². The summed E-state index contributed by atoms with van der Waals surface area (Å²) in [5.74, 6) is 0. The molecule has 0 aromatic carbocycles. The predicted octanol–water partition coefficient (Wildman–Crippen LogP) is 1.69. The largest absolute Gasteiger partial charge is 0.381 e. The average Bonchev–Trinajstić information content (AvgIpc) is 2.77. The van der Waals surface area contributed by atoms with Gasteiger partial charge in [-0.05, 0) is 25.0 Å². The van der Waals surface area contributed by atoms with E-state index in [9.17, 15) is 4.79 Å². The van der Waals surface area contributed by atoms with Gasteiger partial charge in [0, 0.05) is 31.2 Å². The van der Waals surface area contributed by atoms with Crippen molar-refractivity contribution in [2.75, 3.05) is 13.2 Å². The SMILES string of the molecule is C1CCOC1.O=Cc1ccncc1. The topological polar surface area (TPSA) is 39.2 Å². The number of aromatic nitrogens is 1. The molecule has 0 N–H and O–H groups in total. The first-order valence-electron chi connectivity index (χ1n) is 4.36. The summed E-state index contributed by atoms with van der Waals surface area (Å²) in [6, 6.07) is 3.32. The van der Waals surface area contributed by atoms with E-state index in [0.717, 1.165) is 19.5 Å². The molecule has 2 rings (SSSR count). The summed E-state index contributed by atoms with van der Waals surface area (Å²) >= 11 is 0. The van der Waals surface area contributed by atoms with Crippen molar-refractivity contribution in [1.29, 1.82) is 0 Å². The predicted molar refractivity (Wildman–Crippen MR) is 49.7 cm³/mol. The molecule has 0 spiro atoms. The van der Waals surface area contributed by atoms with Crippen LogP contribution in [0.1, 0.15) is 23.2 Å². The molecule has 0 bridgehead atoms. The molecular weight excluding hydrogens is 166 g/mol. The van der Waals surface area contributed by atoms with Crippen molar-refractivity contribution in [1.82, 2.24) is 4.98 Å². The van der Waals surface area contributed by atoms with E-state index < -0.39 is 0 Å². The molecule has 0 atom stereocenters. The van der Waals surface area contributed by atoms with Gasteiger partial charge in [0.05, 0.1) is 0 Å². The van der Waals surface area contributed by atoms with Crippen molar-refractivity contribution in [3.05, 3.63) is 30.1 Å². The third-order valence-electron chi connectivity index (χ3n) is 1.67. The summed E-state index contributed by atoms with van der Waals surface area (Å²) in [6.07, 6.45) is 6.52. The van der Waals surface area contributed by atoms with Crippen LogP contribution in [-0.2, 0) is 4.74 Å². The molecule has 0 amide bonds. The first-order chi connectivity index (χ1) is 6.43. The van der Waals surface area contributed by atoms with Crippen LogP contribution in [0.5, 0.6) is 0 Å². The Morgan fingerprint density at radius 2 is 1.85 bits per heavy atom. The van der Waals surface area contributed by atoms with Crippen LogP contribution in [0, 0.1) is 0 Å². The highest BCUT2D eigenvalue weighted by atomic mass is 16.5. The Labute approximate surface area is 77.8 Å². The number of hydrogen-bond acceptors (Lipinski definition) is 3. The highest BCUT2D eigenvalue weighted by molar-refractivity contribution is 5.73. The summed E-state index contributed by atoms with van der Waals surface area (Å²) in [6.45, 7) is 2.00. The fourth-order valence-corrected chi connectivity index (χ4v) is 0.952. The number of carbonyl (C=O) groups is 1. The molecule has 1 saturated heterocycles. The molecule has 1 aromatic rings. The normalized spacial score (nSPS) is 14.5. The van der Waals surface area contributed by atoms with Crippen molar-refractivity contribution in [3.63, 3.8) is 0 Å². The van der Waals surface area contributed by atoms with Gasteiger partial charge in [-0.15, -0.1) is 0 Å². The van der Waals surface area contributed by atoms with Gasteiger partial charge in [-0.1, -0.05) is 0 Å². The van der Waals surface area contributed by atoms with Crippen LogP contribution in [-0.4, -0.2) is 24.5 Å². The minimum atomic E-state index is 0.667. The smallest absolute Gasteiger partial charge is 0.150 e. The second-order valence-electron chi connectivity index (χ2n) is 2.72. The van der Waals surface area contributed by atoms with Crippen molar-refractivity contribution in [2.45, 2.75) is 12.8 Å². The van der Waals surface area contributed by atoms with Crippen molar-refractivity contribution >= 4 is 6.29 Å². The first kappa shape index (κ1) is 9.86. The van der Waals surface area contributed by atoms with Crippen LogP contribution < -0.4 is 0 Å². The summed E-state index contributed by atoms with van der Waals surface area (Å²) < 4.78 is 4.94. The number of aldehydes is 1.